The van der Waals surface area contributed by atoms with Crippen molar-refractivity contribution in [3.05, 3.63) is 71.5 Å². The molecule has 1 unspecified atom stereocenters. The highest BCUT2D eigenvalue weighted by Crippen LogP contribution is 2.41. The van der Waals surface area contributed by atoms with Crippen LogP contribution >= 0.6 is 11.8 Å². The zero-order chi connectivity index (χ0) is 19.8. The van der Waals surface area contributed by atoms with Crippen LogP contribution < -0.4 is 4.90 Å². The molecule has 2 aromatic carbocycles. The van der Waals surface area contributed by atoms with Crippen molar-refractivity contribution in [3.63, 3.8) is 0 Å². The minimum Gasteiger partial charge on any atom is -0.311 e. The average molecular weight is 405 g/mol. The zero-order valence-electron chi connectivity index (χ0n) is 16.5. The van der Waals surface area contributed by atoms with Gasteiger partial charge in [-0.25, -0.2) is 0 Å². The molecule has 2 aliphatic rings. The fraction of sp³-hybridized carbons (Fsp3) is 0.348. The number of para-hydroxylation sites is 1. The highest BCUT2D eigenvalue weighted by atomic mass is 32.2. The first-order chi connectivity index (χ1) is 14.2. The summed E-state index contributed by atoms with van der Waals surface area (Å²) < 4.78 is 2.21. The second-order valence-corrected chi connectivity index (χ2v) is 9.12. The molecule has 1 aliphatic heterocycles. The minimum absolute atomic E-state index is 0.141. The Morgan fingerprint density at radius 2 is 1.86 bits per heavy atom. The number of hydrogen-bond acceptors (Lipinski definition) is 4. The van der Waals surface area contributed by atoms with Crippen LogP contribution in [-0.4, -0.2) is 32.5 Å². The van der Waals surface area contributed by atoms with Crippen molar-refractivity contribution < 1.29 is 4.79 Å². The zero-order valence-corrected chi connectivity index (χ0v) is 17.3. The number of amides is 1. The van der Waals surface area contributed by atoms with Crippen LogP contribution in [0.5, 0.6) is 0 Å². The molecule has 148 valence electrons. The summed E-state index contributed by atoms with van der Waals surface area (Å²) in [4.78, 5) is 15.1. The number of anilines is 1. The van der Waals surface area contributed by atoms with Crippen molar-refractivity contribution in [2.75, 3.05) is 11.4 Å². The molecule has 2 heterocycles. The van der Waals surface area contributed by atoms with Gasteiger partial charge in [0, 0.05) is 18.2 Å². The molecule has 0 spiro atoms. The molecule has 3 aromatic rings. The van der Waals surface area contributed by atoms with Gasteiger partial charge < -0.3 is 9.47 Å². The predicted molar refractivity (Wildman–Crippen MR) is 115 cm³/mol. The Hall–Kier alpha value is -2.60. The maximum atomic E-state index is 13.2. The Labute approximate surface area is 175 Å². The van der Waals surface area contributed by atoms with E-state index < -0.39 is 0 Å². The molecule has 1 atom stereocenters. The smallest absolute Gasteiger partial charge is 0.240 e. The van der Waals surface area contributed by atoms with Crippen molar-refractivity contribution in [3.8, 4) is 0 Å². The van der Waals surface area contributed by atoms with Gasteiger partial charge in [-0.2, -0.15) is 0 Å². The van der Waals surface area contributed by atoms with Gasteiger partial charge in [0.2, 0.25) is 5.91 Å². The maximum Gasteiger partial charge on any atom is 0.240 e. The molecule has 29 heavy (non-hydrogen) atoms. The fourth-order valence-electron chi connectivity index (χ4n) is 3.94. The van der Waals surface area contributed by atoms with Crippen molar-refractivity contribution in [1.82, 2.24) is 14.8 Å². The molecule has 0 N–H and O–H groups in total. The number of nitrogens with zero attached hydrogens (tertiary/aromatic N) is 4. The van der Waals surface area contributed by atoms with Gasteiger partial charge in [0.25, 0.3) is 0 Å². The van der Waals surface area contributed by atoms with Crippen LogP contribution in [0, 0.1) is 0 Å². The molecule has 1 amide bonds. The van der Waals surface area contributed by atoms with Crippen LogP contribution in [0.15, 0.2) is 59.8 Å². The van der Waals surface area contributed by atoms with Crippen molar-refractivity contribution in [2.45, 2.75) is 49.1 Å². The Morgan fingerprint density at radius 3 is 2.66 bits per heavy atom. The molecule has 5 rings (SSSR count). The summed E-state index contributed by atoms with van der Waals surface area (Å²) in [5.74, 6) is 1.71. The highest BCUT2D eigenvalue weighted by Gasteiger charge is 2.33. The van der Waals surface area contributed by atoms with Gasteiger partial charge in [-0.1, -0.05) is 60.3 Å². The topological polar surface area (TPSA) is 51.0 Å². The van der Waals surface area contributed by atoms with E-state index in [0.29, 0.717) is 5.92 Å². The van der Waals surface area contributed by atoms with Gasteiger partial charge in [-0.3, -0.25) is 4.79 Å². The number of benzene rings is 2. The molecule has 5 nitrogen and oxygen atoms in total. The lowest BCUT2D eigenvalue weighted by molar-refractivity contribution is -0.117. The Balaban J connectivity index is 1.37. The second kappa shape index (κ2) is 7.67. The third-order valence-corrected chi connectivity index (χ3v) is 6.72. The van der Waals surface area contributed by atoms with Crippen LogP contribution in [0.25, 0.3) is 0 Å². The quantitative estimate of drug-likeness (QED) is 0.576. The summed E-state index contributed by atoms with van der Waals surface area (Å²) in [5, 5.41) is 9.58. The molecule has 1 aliphatic carbocycles. The van der Waals surface area contributed by atoms with Crippen molar-refractivity contribution in [2.24, 2.45) is 0 Å². The molecular weight excluding hydrogens is 380 g/mol. The number of hydrogen-bond donors (Lipinski definition) is 0. The lowest BCUT2D eigenvalue weighted by atomic mass is 10.2. The second-order valence-electron chi connectivity index (χ2n) is 7.82. The molecule has 0 saturated heterocycles. The number of rotatable bonds is 6. The lowest BCUT2D eigenvalue weighted by Crippen LogP contribution is -2.35. The number of carbonyl (C=O) groups is 1. The molecule has 6 heteroatoms. The van der Waals surface area contributed by atoms with E-state index >= 15 is 0 Å². The summed E-state index contributed by atoms with van der Waals surface area (Å²) in [7, 11) is 0. The average Bonchev–Trinajstić information content (AvgIpc) is 3.39. The van der Waals surface area contributed by atoms with E-state index in [9.17, 15) is 4.79 Å². The first kappa shape index (κ1) is 18.4. The van der Waals surface area contributed by atoms with Gasteiger partial charge in [-0.05, 0) is 43.4 Å². The highest BCUT2D eigenvalue weighted by molar-refractivity contribution is 8.00. The largest absolute Gasteiger partial charge is 0.311 e. The Bertz CT molecular complexity index is 1030. The first-order valence-corrected chi connectivity index (χ1v) is 11.1. The van der Waals surface area contributed by atoms with Crippen LogP contribution in [0.1, 0.15) is 42.6 Å². The summed E-state index contributed by atoms with van der Waals surface area (Å²) in [6, 6.07) is 18.6. The molecule has 1 saturated carbocycles. The predicted octanol–water partition coefficient (Wildman–Crippen LogP) is 4.27. The van der Waals surface area contributed by atoms with Gasteiger partial charge in [0.1, 0.15) is 5.82 Å². The van der Waals surface area contributed by atoms with Crippen molar-refractivity contribution in [1.29, 1.82) is 0 Å². The van der Waals surface area contributed by atoms with E-state index in [0.717, 1.165) is 36.2 Å². The first-order valence-electron chi connectivity index (χ1n) is 10.2. The van der Waals surface area contributed by atoms with Gasteiger partial charge >= 0.3 is 0 Å². The summed E-state index contributed by atoms with van der Waals surface area (Å²) >= 11 is 1.52. The SMILES string of the molecule is CC(Sc1nnc(C2CC2)n1Cc1ccccc1)C(=O)N1CCc2ccccc21. The van der Waals surface area contributed by atoms with E-state index in [4.69, 9.17) is 0 Å². The third kappa shape index (κ3) is 3.69. The molecular formula is C23H24N4OS. The van der Waals surface area contributed by atoms with E-state index in [1.54, 1.807) is 0 Å². The van der Waals surface area contributed by atoms with E-state index in [1.165, 1.54) is 35.7 Å². The Morgan fingerprint density at radius 1 is 1.10 bits per heavy atom. The summed E-state index contributed by atoms with van der Waals surface area (Å²) in [5.41, 5.74) is 3.53. The normalized spacial score (nSPS) is 16.7. The van der Waals surface area contributed by atoms with E-state index in [2.05, 4.69) is 45.1 Å². The van der Waals surface area contributed by atoms with Gasteiger partial charge in [-0.15, -0.1) is 10.2 Å². The number of aromatic nitrogens is 3. The molecule has 1 fully saturated rings. The van der Waals surface area contributed by atoms with Crippen LogP contribution in [0.2, 0.25) is 0 Å². The van der Waals surface area contributed by atoms with Crippen molar-refractivity contribution >= 4 is 23.4 Å². The lowest BCUT2D eigenvalue weighted by Gasteiger charge is -2.21. The van der Waals surface area contributed by atoms with E-state index in [-0.39, 0.29) is 11.2 Å². The third-order valence-electron chi connectivity index (χ3n) is 5.65. The minimum atomic E-state index is -0.216. The van der Waals surface area contributed by atoms with Crippen LogP contribution in [0.3, 0.4) is 0 Å². The summed E-state index contributed by atoms with van der Waals surface area (Å²) in [6.45, 7) is 3.48. The van der Waals surface area contributed by atoms with Gasteiger partial charge in [0.15, 0.2) is 5.16 Å². The summed E-state index contributed by atoms with van der Waals surface area (Å²) in [6.07, 6.45) is 3.28. The molecule has 1 aromatic heterocycles. The maximum absolute atomic E-state index is 13.2. The van der Waals surface area contributed by atoms with Crippen LogP contribution in [0.4, 0.5) is 5.69 Å². The molecule has 0 bridgehead atoms. The Kier molecular flexibility index (Phi) is 4.87. The number of fused-ring (bicyclic) bond motifs is 1. The van der Waals surface area contributed by atoms with E-state index in [1.807, 2.05) is 36.1 Å². The monoisotopic (exact) mass is 404 g/mol. The standard InChI is InChI=1S/C23H24N4OS/c1-16(22(28)26-14-13-18-9-5-6-10-20(18)26)29-23-25-24-21(19-11-12-19)27(23)15-17-7-3-2-4-8-17/h2-10,16,19H,11-15H2,1H3. The van der Waals surface area contributed by atoms with Crippen LogP contribution in [-0.2, 0) is 17.8 Å². The fourth-order valence-corrected chi connectivity index (χ4v) is 4.86. The number of carbonyl (C=O) groups excluding carboxylic acids is 1. The number of thioether (sulfide) groups is 1. The van der Waals surface area contributed by atoms with Gasteiger partial charge in [0.05, 0.1) is 11.8 Å². The molecule has 0 radical (unpaired) electrons.